The van der Waals surface area contributed by atoms with Crippen molar-refractivity contribution < 1.29 is 22.7 Å². The quantitative estimate of drug-likeness (QED) is 0.520. The van der Waals surface area contributed by atoms with Crippen molar-refractivity contribution in [1.29, 1.82) is 0 Å². The van der Waals surface area contributed by atoms with Gasteiger partial charge in [0.15, 0.2) is 11.8 Å². The molecule has 0 spiro atoms. The van der Waals surface area contributed by atoms with Gasteiger partial charge in [-0.15, -0.1) is 0 Å². The molecule has 2 aromatic carbocycles. The summed E-state index contributed by atoms with van der Waals surface area (Å²) in [5.74, 6) is -1.52. The largest absolute Gasteiger partial charge is 0.448 e. The van der Waals surface area contributed by atoms with E-state index in [-0.39, 0.29) is 28.4 Å². The maximum Gasteiger partial charge on any atom is 0.360 e. The molecule has 11 heteroatoms. The van der Waals surface area contributed by atoms with Crippen LogP contribution in [0.2, 0.25) is 0 Å². The summed E-state index contributed by atoms with van der Waals surface area (Å²) >= 11 is 0. The number of anilines is 1. The lowest BCUT2D eigenvalue weighted by Gasteiger charge is -2.16. The second kappa shape index (κ2) is 9.51. The van der Waals surface area contributed by atoms with Gasteiger partial charge in [-0.3, -0.25) is 9.59 Å². The number of nitrogens with zero attached hydrogens (tertiary/aromatic N) is 3. The van der Waals surface area contributed by atoms with E-state index >= 15 is 0 Å². The first-order valence-electron chi connectivity index (χ1n) is 10.1. The van der Waals surface area contributed by atoms with Crippen LogP contribution in [0.3, 0.4) is 0 Å². The number of ether oxygens (including phenoxy) is 1. The third kappa shape index (κ3) is 4.94. The molecule has 1 amide bonds. The summed E-state index contributed by atoms with van der Waals surface area (Å²) in [4.78, 5) is 37.8. The van der Waals surface area contributed by atoms with E-state index in [9.17, 15) is 22.8 Å². The number of hydrogen-bond donors (Lipinski definition) is 1. The van der Waals surface area contributed by atoms with Crippen molar-refractivity contribution in [2.24, 2.45) is 0 Å². The summed E-state index contributed by atoms with van der Waals surface area (Å²) in [5.41, 5.74) is -0.178. The molecule has 1 aromatic heterocycles. The lowest BCUT2D eigenvalue weighted by atomic mass is 10.1. The standard InChI is InChI=1S/C22H24N4O6S/c1-5-26-21(28)18-12-7-6-11-17(18)19(24-26)22(29)32-14(2)20(27)23-15-9-8-10-16(13-15)33(30,31)25(3)4/h6-14H,5H2,1-4H3,(H,23,27)/t14-/m0/s1. The van der Waals surface area contributed by atoms with Crippen LogP contribution in [0, 0.1) is 0 Å². The predicted molar refractivity (Wildman–Crippen MR) is 122 cm³/mol. The SMILES string of the molecule is CCn1nc(C(=O)O[C@@H](C)C(=O)Nc2cccc(S(=O)(=O)N(C)C)c2)c2ccccc2c1=O. The van der Waals surface area contributed by atoms with Crippen LogP contribution in [0.15, 0.2) is 58.2 Å². The second-order valence-corrected chi connectivity index (χ2v) is 9.52. The first-order chi connectivity index (χ1) is 15.6. The van der Waals surface area contributed by atoms with Crippen LogP contribution in [0.4, 0.5) is 5.69 Å². The summed E-state index contributed by atoms with van der Waals surface area (Å²) in [6.07, 6.45) is -1.21. The molecule has 3 rings (SSSR count). The highest BCUT2D eigenvalue weighted by molar-refractivity contribution is 7.89. The van der Waals surface area contributed by atoms with Crippen molar-refractivity contribution in [1.82, 2.24) is 14.1 Å². The van der Waals surface area contributed by atoms with Gasteiger partial charge in [-0.2, -0.15) is 5.10 Å². The van der Waals surface area contributed by atoms with Crippen LogP contribution in [0.25, 0.3) is 10.8 Å². The third-order valence-electron chi connectivity index (χ3n) is 4.89. The van der Waals surface area contributed by atoms with Gasteiger partial charge in [-0.25, -0.2) is 22.2 Å². The maximum atomic E-state index is 12.8. The molecule has 1 heterocycles. The maximum absolute atomic E-state index is 12.8. The molecule has 0 saturated carbocycles. The number of carbonyl (C=O) groups excluding carboxylic acids is 2. The molecule has 3 aromatic rings. The van der Waals surface area contributed by atoms with Crippen molar-refractivity contribution in [3.8, 4) is 0 Å². The van der Waals surface area contributed by atoms with Crippen LogP contribution in [0.1, 0.15) is 24.3 Å². The van der Waals surface area contributed by atoms with Crippen LogP contribution in [-0.4, -0.2) is 54.6 Å². The Labute approximate surface area is 190 Å². The molecular formula is C22H24N4O6S. The smallest absolute Gasteiger partial charge is 0.360 e. The first-order valence-corrected chi connectivity index (χ1v) is 11.5. The van der Waals surface area contributed by atoms with Gasteiger partial charge < -0.3 is 10.1 Å². The molecule has 0 aliphatic rings. The monoisotopic (exact) mass is 472 g/mol. The molecule has 0 aliphatic carbocycles. The lowest BCUT2D eigenvalue weighted by molar-refractivity contribution is -0.123. The topological polar surface area (TPSA) is 128 Å². The number of esters is 1. The Morgan fingerprint density at radius 2 is 1.79 bits per heavy atom. The molecule has 0 aliphatic heterocycles. The van der Waals surface area contributed by atoms with Crippen LogP contribution < -0.4 is 10.9 Å². The van der Waals surface area contributed by atoms with E-state index in [2.05, 4.69) is 10.4 Å². The fourth-order valence-corrected chi connectivity index (χ4v) is 4.01. The van der Waals surface area contributed by atoms with Gasteiger partial charge in [0.25, 0.3) is 11.5 Å². The van der Waals surface area contributed by atoms with Gasteiger partial charge in [-0.05, 0) is 38.1 Å². The zero-order valence-electron chi connectivity index (χ0n) is 18.6. The van der Waals surface area contributed by atoms with E-state index in [0.717, 1.165) is 8.99 Å². The molecule has 174 valence electrons. The van der Waals surface area contributed by atoms with Crippen LogP contribution >= 0.6 is 0 Å². The van der Waals surface area contributed by atoms with Crippen LogP contribution in [0.5, 0.6) is 0 Å². The lowest BCUT2D eigenvalue weighted by Crippen LogP contribution is -2.32. The van der Waals surface area contributed by atoms with Crippen LogP contribution in [-0.2, 0) is 26.1 Å². The number of hydrogen-bond acceptors (Lipinski definition) is 7. The van der Waals surface area contributed by atoms with Crippen molar-refractivity contribution in [3.05, 3.63) is 64.6 Å². The van der Waals surface area contributed by atoms with Crippen molar-refractivity contribution >= 4 is 38.4 Å². The summed E-state index contributed by atoms with van der Waals surface area (Å²) in [5, 5.41) is 7.28. The average molecular weight is 473 g/mol. The fraction of sp³-hybridized carbons (Fsp3) is 0.273. The molecular weight excluding hydrogens is 448 g/mol. The molecule has 10 nitrogen and oxygen atoms in total. The summed E-state index contributed by atoms with van der Waals surface area (Å²) < 4.78 is 32.1. The van der Waals surface area contributed by atoms with Gasteiger partial charge in [0.1, 0.15) is 0 Å². The predicted octanol–water partition coefficient (Wildman–Crippen LogP) is 1.85. The average Bonchev–Trinajstić information content (AvgIpc) is 2.79. The zero-order valence-corrected chi connectivity index (χ0v) is 19.4. The normalized spacial score (nSPS) is 12.5. The van der Waals surface area contributed by atoms with E-state index in [1.165, 1.54) is 45.3 Å². The Kier molecular flexibility index (Phi) is 6.94. The molecule has 0 unspecified atom stereocenters. The minimum atomic E-state index is -3.68. The molecule has 0 bridgehead atoms. The van der Waals surface area contributed by atoms with Gasteiger partial charge >= 0.3 is 5.97 Å². The Morgan fingerprint density at radius 1 is 1.12 bits per heavy atom. The minimum absolute atomic E-state index is 0.00689. The van der Waals surface area contributed by atoms with E-state index in [4.69, 9.17) is 4.74 Å². The summed E-state index contributed by atoms with van der Waals surface area (Å²) in [6.45, 7) is 3.36. The Bertz CT molecular complexity index is 1380. The Morgan fingerprint density at radius 3 is 2.42 bits per heavy atom. The molecule has 0 radical (unpaired) electrons. The highest BCUT2D eigenvalue weighted by Crippen LogP contribution is 2.19. The highest BCUT2D eigenvalue weighted by atomic mass is 32.2. The van der Waals surface area contributed by atoms with E-state index in [1.807, 2.05) is 0 Å². The first kappa shape index (κ1) is 24.1. The number of carbonyl (C=O) groups is 2. The zero-order chi connectivity index (χ0) is 24.3. The minimum Gasteiger partial charge on any atom is -0.448 e. The van der Waals surface area contributed by atoms with E-state index in [1.54, 1.807) is 31.2 Å². The molecule has 1 atom stereocenters. The second-order valence-electron chi connectivity index (χ2n) is 7.37. The van der Waals surface area contributed by atoms with E-state index < -0.39 is 28.0 Å². The molecule has 0 saturated heterocycles. The number of aryl methyl sites for hydroxylation is 1. The third-order valence-corrected chi connectivity index (χ3v) is 6.70. The van der Waals surface area contributed by atoms with Crippen molar-refractivity contribution in [2.75, 3.05) is 19.4 Å². The number of amides is 1. The molecule has 0 fully saturated rings. The molecule has 33 heavy (non-hydrogen) atoms. The van der Waals surface area contributed by atoms with E-state index in [0.29, 0.717) is 10.8 Å². The number of nitrogens with one attached hydrogen (secondary N) is 1. The van der Waals surface area contributed by atoms with Gasteiger partial charge in [-0.1, -0.05) is 24.3 Å². The van der Waals surface area contributed by atoms with Gasteiger partial charge in [0.05, 0.1) is 10.3 Å². The molecule has 1 N–H and O–H groups in total. The number of sulfonamides is 1. The highest BCUT2D eigenvalue weighted by Gasteiger charge is 2.24. The Balaban J connectivity index is 1.81. The van der Waals surface area contributed by atoms with Crippen molar-refractivity contribution in [2.45, 2.75) is 31.4 Å². The summed E-state index contributed by atoms with van der Waals surface area (Å²) in [6, 6.07) is 12.3. The number of benzene rings is 2. The number of rotatable bonds is 7. The summed E-state index contributed by atoms with van der Waals surface area (Å²) in [7, 11) is -0.872. The fourth-order valence-electron chi connectivity index (χ4n) is 3.06. The van der Waals surface area contributed by atoms with Gasteiger partial charge in [0, 0.05) is 31.7 Å². The Hall–Kier alpha value is -3.57. The number of fused-ring (bicyclic) bond motifs is 1. The van der Waals surface area contributed by atoms with Gasteiger partial charge in [0.2, 0.25) is 10.0 Å². The van der Waals surface area contributed by atoms with Crippen molar-refractivity contribution in [3.63, 3.8) is 0 Å². The number of aromatic nitrogens is 2.